The van der Waals surface area contributed by atoms with E-state index >= 15 is 0 Å². The molecule has 1 aromatic heterocycles. The number of aromatic hydroxyl groups is 1. The van der Waals surface area contributed by atoms with Crippen LogP contribution in [0.25, 0.3) is 11.3 Å². The molecule has 0 saturated carbocycles. The van der Waals surface area contributed by atoms with E-state index in [4.69, 9.17) is 10.00 Å². The molecule has 8 heteroatoms. The molecule has 0 radical (unpaired) electrons. The molecule has 0 amide bonds. The van der Waals surface area contributed by atoms with Gasteiger partial charge in [-0.1, -0.05) is 11.8 Å². The molecule has 0 spiro atoms. The number of phenolic OH excluding ortho intramolecular Hbond substituents is 1. The Morgan fingerprint density at radius 1 is 1.52 bits per heavy atom. The first-order valence-electron chi connectivity index (χ1n) is 5.67. The molecule has 0 aliphatic heterocycles. The van der Waals surface area contributed by atoms with Crippen molar-refractivity contribution in [1.29, 1.82) is 5.26 Å². The Bertz CT molecular complexity index is 798. The molecular weight excluding hydrogens is 358 g/mol. The minimum atomic E-state index is -0.548. The van der Waals surface area contributed by atoms with E-state index < -0.39 is 5.56 Å². The average molecular weight is 368 g/mol. The van der Waals surface area contributed by atoms with E-state index in [1.807, 2.05) is 6.07 Å². The van der Waals surface area contributed by atoms with Crippen LogP contribution in [0.3, 0.4) is 0 Å². The highest BCUT2D eigenvalue weighted by Crippen LogP contribution is 2.38. The number of phenols is 1. The zero-order valence-electron chi connectivity index (χ0n) is 11.1. The number of nitrogens with one attached hydrogen (secondary N) is 1. The Morgan fingerprint density at radius 3 is 2.81 bits per heavy atom. The zero-order chi connectivity index (χ0) is 15.6. The number of nitrogens with zero attached hydrogens (tertiary/aromatic N) is 2. The number of ether oxygens (including phenoxy) is 1. The number of H-pyrrole nitrogens is 1. The van der Waals surface area contributed by atoms with Crippen LogP contribution in [-0.4, -0.2) is 28.4 Å². The molecule has 0 aliphatic carbocycles. The van der Waals surface area contributed by atoms with Crippen molar-refractivity contribution in [3.63, 3.8) is 0 Å². The molecule has 0 unspecified atom stereocenters. The number of benzene rings is 1. The third-order valence-corrected chi connectivity index (χ3v) is 3.93. The van der Waals surface area contributed by atoms with Gasteiger partial charge in [0, 0.05) is 5.56 Å². The fourth-order valence-corrected chi connectivity index (χ4v) is 2.61. The number of halogens is 1. The van der Waals surface area contributed by atoms with E-state index in [1.54, 1.807) is 6.26 Å². The summed E-state index contributed by atoms with van der Waals surface area (Å²) in [6.45, 7) is 0. The molecule has 1 heterocycles. The lowest BCUT2D eigenvalue weighted by Gasteiger charge is -2.10. The maximum absolute atomic E-state index is 11.9. The highest BCUT2D eigenvalue weighted by molar-refractivity contribution is 9.10. The zero-order valence-corrected chi connectivity index (χ0v) is 13.5. The van der Waals surface area contributed by atoms with Gasteiger partial charge in [0.2, 0.25) is 0 Å². The molecule has 0 saturated heterocycles. The van der Waals surface area contributed by atoms with Crippen molar-refractivity contribution in [3.8, 4) is 28.8 Å². The summed E-state index contributed by atoms with van der Waals surface area (Å²) in [6, 6.07) is 4.76. The summed E-state index contributed by atoms with van der Waals surface area (Å²) in [5.74, 6) is 0.351. The predicted octanol–water partition coefficient (Wildman–Crippen LogP) is 2.51. The molecule has 6 nitrogen and oxygen atoms in total. The predicted molar refractivity (Wildman–Crippen MR) is 82.7 cm³/mol. The van der Waals surface area contributed by atoms with Crippen LogP contribution < -0.4 is 10.3 Å². The van der Waals surface area contributed by atoms with Gasteiger partial charge in [-0.05, 0) is 34.3 Å². The van der Waals surface area contributed by atoms with Crippen molar-refractivity contribution < 1.29 is 9.84 Å². The number of thioether (sulfide) groups is 1. The summed E-state index contributed by atoms with van der Waals surface area (Å²) in [4.78, 5) is 18.6. The van der Waals surface area contributed by atoms with Crippen LogP contribution in [0.15, 0.2) is 26.6 Å². The summed E-state index contributed by atoms with van der Waals surface area (Å²) < 4.78 is 5.72. The Kier molecular flexibility index (Phi) is 4.55. The van der Waals surface area contributed by atoms with Crippen molar-refractivity contribution in [2.45, 2.75) is 5.16 Å². The number of aromatic amines is 1. The summed E-state index contributed by atoms with van der Waals surface area (Å²) in [7, 11) is 1.48. The molecule has 0 atom stereocenters. The van der Waals surface area contributed by atoms with E-state index in [9.17, 15) is 9.90 Å². The molecule has 108 valence electrons. The van der Waals surface area contributed by atoms with Crippen molar-refractivity contribution in [2.24, 2.45) is 0 Å². The van der Waals surface area contributed by atoms with Gasteiger partial charge in [0.25, 0.3) is 5.56 Å². The van der Waals surface area contributed by atoms with Gasteiger partial charge >= 0.3 is 0 Å². The van der Waals surface area contributed by atoms with Crippen molar-refractivity contribution in [1.82, 2.24) is 9.97 Å². The van der Waals surface area contributed by atoms with Gasteiger partial charge in [-0.3, -0.25) is 4.79 Å². The van der Waals surface area contributed by atoms with Gasteiger partial charge in [0.15, 0.2) is 5.16 Å². The maximum Gasteiger partial charge on any atom is 0.270 e. The number of aromatic nitrogens is 2. The first-order chi connectivity index (χ1) is 10.0. The standard InChI is InChI=1S/C13H10BrN3O3S/c1-20-10-3-6(9(18)4-8(10)14)11-7(5-15)12(19)17-13(16-11)21-2/h3-4,18H,1-2H3,(H,16,17,19). The number of rotatable bonds is 3. The lowest BCUT2D eigenvalue weighted by atomic mass is 10.1. The summed E-state index contributed by atoms with van der Waals surface area (Å²) in [5.41, 5.74) is -0.331. The Labute approximate surface area is 132 Å². The number of methoxy groups -OCH3 is 1. The third-order valence-electron chi connectivity index (χ3n) is 2.73. The normalized spacial score (nSPS) is 10.2. The fraction of sp³-hybridized carbons (Fsp3) is 0.154. The van der Waals surface area contributed by atoms with Crippen molar-refractivity contribution >= 4 is 27.7 Å². The Morgan fingerprint density at radius 2 is 2.24 bits per heavy atom. The Balaban J connectivity index is 2.81. The molecule has 2 rings (SSSR count). The minimum Gasteiger partial charge on any atom is -0.507 e. The summed E-state index contributed by atoms with van der Waals surface area (Å²) >= 11 is 4.48. The SMILES string of the molecule is COc1cc(-c2nc(SC)[nH]c(=O)c2C#N)c(O)cc1Br. The van der Waals surface area contributed by atoms with Gasteiger partial charge in [-0.15, -0.1) is 0 Å². The molecule has 2 N–H and O–H groups in total. The van der Waals surface area contributed by atoms with E-state index in [0.29, 0.717) is 15.4 Å². The smallest absolute Gasteiger partial charge is 0.270 e. The van der Waals surface area contributed by atoms with Gasteiger partial charge in [0.05, 0.1) is 11.6 Å². The van der Waals surface area contributed by atoms with Crippen molar-refractivity contribution in [3.05, 3.63) is 32.5 Å². The van der Waals surface area contributed by atoms with Crippen LogP contribution in [0.1, 0.15) is 5.56 Å². The molecule has 21 heavy (non-hydrogen) atoms. The quantitative estimate of drug-likeness (QED) is 0.638. The molecule has 0 aliphatic rings. The van der Waals surface area contributed by atoms with E-state index in [0.717, 1.165) is 0 Å². The molecular formula is C13H10BrN3O3S. The lowest BCUT2D eigenvalue weighted by Crippen LogP contribution is -2.14. The third kappa shape index (κ3) is 2.89. The topological polar surface area (TPSA) is 99.0 Å². The second-order valence-electron chi connectivity index (χ2n) is 3.91. The van der Waals surface area contributed by atoms with Crippen molar-refractivity contribution in [2.75, 3.05) is 13.4 Å². The van der Waals surface area contributed by atoms with Gasteiger partial charge in [0.1, 0.15) is 28.8 Å². The number of hydrogen-bond acceptors (Lipinski definition) is 6. The van der Waals surface area contributed by atoms with Crippen LogP contribution in [0, 0.1) is 11.3 Å². The molecule has 0 bridgehead atoms. The largest absolute Gasteiger partial charge is 0.507 e. The number of hydrogen-bond donors (Lipinski definition) is 2. The summed E-state index contributed by atoms with van der Waals surface area (Å²) in [5, 5.41) is 19.6. The molecule has 2 aromatic rings. The minimum absolute atomic E-state index is 0.107. The average Bonchev–Trinajstić information content (AvgIpc) is 2.46. The Hall–Kier alpha value is -1.98. The second-order valence-corrected chi connectivity index (χ2v) is 5.56. The first kappa shape index (κ1) is 15.4. The highest BCUT2D eigenvalue weighted by atomic mass is 79.9. The maximum atomic E-state index is 11.9. The molecule has 1 aromatic carbocycles. The highest BCUT2D eigenvalue weighted by Gasteiger charge is 2.18. The number of nitriles is 1. The summed E-state index contributed by atoms with van der Waals surface area (Å²) in [6.07, 6.45) is 1.75. The monoisotopic (exact) mass is 367 g/mol. The van der Waals surface area contributed by atoms with Crippen LogP contribution >= 0.6 is 27.7 Å². The lowest BCUT2D eigenvalue weighted by molar-refractivity contribution is 0.410. The fourth-order valence-electron chi connectivity index (χ4n) is 1.74. The van der Waals surface area contributed by atoms with Gasteiger partial charge in [-0.2, -0.15) is 5.26 Å². The van der Waals surface area contributed by atoms with Crippen LogP contribution in [0.4, 0.5) is 0 Å². The van der Waals surface area contributed by atoms with Crippen LogP contribution in [0.2, 0.25) is 0 Å². The first-order valence-corrected chi connectivity index (χ1v) is 7.68. The molecule has 0 fully saturated rings. The van der Waals surface area contributed by atoms with Gasteiger partial charge < -0.3 is 14.8 Å². The van der Waals surface area contributed by atoms with E-state index in [-0.39, 0.29) is 22.6 Å². The van der Waals surface area contributed by atoms with E-state index in [2.05, 4.69) is 25.9 Å². The van der Waals surface area contributed by atoms with E-state index in [1.165, 1.54) is 31.0 Å². The van der Waals surface area contributed by atoms with Crippen LogP contribution in [0.5, 0.6) is 11.5 Å². The van der Waals surface area contributed by atoms with Crippen LogP contribution in [-0.2, 0) is 0 Å². The second kappa shape index (κ2) is 6.20. The van der Waals surface area contributed by atoms with Gasteiger partial charge in [-0.25, -0.2) is 4.98 Å².